The Labute approximate surface area is 120 Å². The number of hydrazine groups is 1. The van der Waals surface area contributed by atoms with E-state index < -0.39 is 0 Å². The number of anilines is 1. The minimum absolute atomic E-state index is 0.0542. The molecule has 1 aliphatic rings. The zero-order valence-electron chi connectivity index (χ0n) is 12.1. The first-order valence-corrected chi connectivity index (χ1v) is 7.43. The molecule has 0 aliphatic heterocycles. The number of carbonyl (C=O) groups excluding carboxylic acids is 1. The van der Waals surface area contributed by atoms with Gasteiger partial charge < -0.3 is 10.7 Å². The van der Waals surface area contributed by atoms with Gasteiger partial charge in [-0.1, -0.05) is 26.2 Å². The quantitative estimate of drug-likeness (QED) is 0.569. The van der Waals surface area contributed by atoms with E-state index in [-0.39, 0.29) is 5.91 Å². The van der Waals surface area contributed by atoms with E-state index in [1.165, 1.54) is 32.1 Å². The van der Waals surface area contributed by atoms with Crippen molar-refractivity contribution < 1.29 is 4.79 Å². The molecule has 0 radical (unpaired) electrons. The first-order valence-electron chi connectivity index (χ1n) is 7.43. The predicted octanol–water partition coefficient (Wildman–Crippen LogP) is 2.31. The van der Waals surface area contributed by atoms with Crippen LogP contribution in [0.25, 0.3) is 0 Å². The van der Waals surface area contributed by atoms with E-state index in [1.54, 1.807) is 18.3 Å². The second kappa shape index (κ2) is 7.24. The summed E-state index contributed by atoms with van der Waals surface area (Å²) >= 11 is 0. The van der Waals surface area contributed by atoms with Crippen molar-refractivity contribution in [1.82, 2.24) is 10.3 Å². The molecular formula is C15H24N4O. The molecule has 0 aromatic carbocycles. The number of pyridine rings is 1. The molecule has 0 spiro atoms. The standard InChI is InChI=1S/C15H24N4O/c1-2-11-3-5-12(6-4-11)10-18-15(20)13-7-8-17-14(9-13)19-16/h7-9,11-12H,2-6,10,16H2,1H3,(H,17,19)(H,18,20). The van der Waals surface area contributed by atoms with Gasteiger partial charge in [0.1, 0.15) is 5.82 Å². The van der Waals surface area contributed by atoms with Crippen molar-refractivity contribution in [3.63, 3.8) is 0 Å². The summed E-state index contributed by atoms with van der Waals surface area (Å²) in [6.45, 7) is 3.03. The Kier molecular flexibility index (Phi) is 5.35. The molecule has 1 aromatic rings. The average molecular weight is 276 g/mol. The van der Waals surface area contributed by atoms with Crippen LogP contribution in [0.5, 0.6) is 0 Å². The molecule has 0 unspecified atom stereocenters. The number of hydrogen-bond donors (Lipinski definition) is 3. The van der Waals surface area contributed by atoms with Gasteiger partial charge in [-0.25, -0.2) is 10.8 Å². The first-order chi connectivity index (χ1) is 9.72. The van der Waals surface area contributed by atoms with E-state index in [0.717, 1.165) is 12.5 Å². The van der Waals surface area contributed by atoms with E-state index in [9.17, 15) is 4.79 Å². The van der Waals surface area contributed by atoms with Crippen LogP contribution < -0.4 is 16.6 Å². The summed E-state index contributed by atoms with van der Waals surface area (Å²) in [6, 6.07) is 3.35. The molecule has 5 heteroatoms. The molecule has 20 heavy (non-hydrogen) atoms. The summed E-state index contributed by atoms with van der Waals surface area (Å²) in [7, 11) is 0. The van der Waals surface area contributed by atoms with E-state index >= 15 is 0 Å². The minimum Gasteiger partial charge on any atom is -0.352 e. The van der Waals surface area contributed by atoms with Gasteiger partial charge in [0.2, 0.25) is 0 Å². The Balaban J connectivity index is 1.80. The highest BCUT2D eigenvalue weighted by Gasteiger charge is 2.20. The summed E-state index contributed by atoms with van der Waals surface area (Å²) in [4.78, 5) is 16.1. The number of nitrogens with two attached hydrogens (primary N) is 1. The average Bonchev–Trinajstić information content (AvgIpc) is 2.53. The predicted molar refractivity (Wildman–Crippen MR) is 80.1 cm³/mol. The molecule has 5 nitrogen and oxygen atoms in total. The van der Waals surface area contributed by atoms with Crippen LogP contribution in [0, 0.1) is 11.8 Å². The van der Waals surface area contributed by atoms with Crippen molar-refractivity contribution in [2.45, 2.75) is 39.0 Å². The van der Waals surface area contributed by atoms with Crippen LogP contribution in [0.1, 0.15) is 49.4 Å². The van der Waals surface area contributed by atoms with Crippen molar-refractivity contribution in [3.8, 4) is 0 Å². The Morgan fingerprint density at radius 2 is 2.05 bits per heavy atom. The van der Waals surface area contributed by atoms with Crippen LogP contribution in [0.15, 0.2) is 18.3 Å². The van der Waals surface area contributed by atoms with Gasteiger partial charge in [-0.15, -0.1) is 0 Å². The number of nitrogens with zero attached hydrogens (tertiary/aromatic N) is 1. The fraction of sp³-hybridized carbons (Fsp3) is 0.600. The highest BCUT2D eigenvalue weighted by atomic mass is 16.1. The molecule has 1 heterocycles. The molecule has 4 N–H and O–H groups in total. The lowest BCUT2D eigenvalue weighted by atomic mass is 9.81. The molecule has 1 saturated carbocycles. The number of hydrogen-bond acceptors (Lipinski definition) is 4. The Morgan fingerprint density at radius 1 is 1.35 bits per heavy atom. The summed E-state index contributed by atoms with van der Waals surface area (Å²) in [5, 5.41) is 3.02. The lowest BCUT2D eigenvalue weighted by Gasteiger charge is -2.27. The Bertz CT molecular complexity index is 441. The van der Waals surface area contributed by atoms with Crippen LogP contribution in [-0.4, -0.2) is 17.4 Å². The highest BCUT2D eigenvalue weighted by Crippen LogP contribution is 2.30. The monoisotopic (exact) mass is 276 g/mol. The van der Waals surface area contributed by atoms with Crippen LogP contribution in [-0.2, 0) is 0 Å². The molecule has 1 amide bonds. The van der Waals surface area contributed by atoms with Crippen molar-refractivity contribution in [2.24, 2.45) is 17.7 Å². The van der Waals surface area contributed by atoms with Crippen LogP contribution in [0.4, 0.5) is 5.82 Å². The smallest absolute Gasteiger partial charge is 0.251 e. The number of amides is 1. The van der Waals surface area contributed by atoms with Crippen molar-refractivity contribution >= 4 is 11.7 Å². The SMILES string of the molecule is CCC1CCC(CNC(=O)c2ccnc(NN)c2)CC1. The first kappa shape index (κ1) is 14.8. The second-order valence-corrected chi connectivity index (χ2v) is 5.58. The minimum atomic E-state index is -0.0542. The molecular weight excluding hydrogens is 252 g/mol. The molecule has 110 valence electrons. The number of nitrogen functional groups attached to an aromatic ring is 1. The fourth-order valence-electron chi connectivity index (χ4n) is 2.83. The maximum Gasteiger partial charge on any atom is 0.251 e. The van der Waals surface area contributed by atoms with E-state index in [0.29, 0.717) is 17.3 Å². The van der Waals surface area contributed by atoms with E-state index in [2.05, 4.69) is 22.7 Å². The fourth-order valence-corrected chi connectivity index (χ4v) is 2.83. The maximum atomic E-state index is 12.1. The van der Waals surface area contributed by atoms with Crippen molar-refractivity contribution in [1.29, 1.82) is 0 Å². The van der Waals surface area contributed by atoms with Crippen molar-refractivity contribution in [2.75, 3.05) is 12.0 Å². The van der Waals surface area contributed by atoms with Gasteiger partial charge >= 0.3 is 0 Å². The summed E-state index contributed by atoms with van der Waals surface area (Å²) in [5.41, 5.74) is 3.04. The second-order valence-electron chi connectivity index (χ2n) is 5.58. The van der Waals surface area contributed by atoms with Gasteiger partial charge in [-0.3, -0.25) is 4.79 Å². The Morgan fingerprint density at radius 3 is 2.70 bits per heavy atom. The number of rotatable bonds is 5. The molecule has 1 aromatic heterocycles. The molecule has 1 fully saturated rings. The van der Waals surface area contributed by atoms with Gasteiger partial charge in [0.25, 0.3) is 5.91 Å². The van der Waals surface area contributed by atoms with E-state index in [4.69, 9.17) is 5.84 Å². The topological polar surface area (TPSA) is 80.0 Å². The van der Waals surface area contributed by atoms with Gasteiger partial charge in [0.05, 0.1) is 0 Å². The maximum absolute atomic E-state index is 12.1. The molecule has 2 rings (SSSR count). The largest absolute Gasteiger partial charge is 0.352 e. The number of nitrogens with one attached hydrogen (secondary N) is 2. The number of carbonyl (C=O) groups is 1. The zero-order chi connectivity index (χ0) is 14.4. The third-order valence-electron chi connectivity index (χ3n) is 4.26. The van der Waals surface area contributed by atoms with E-state index in [1.807, 2.05) is 0 Å². The van der Waals surface area contributed by atoms with Crippen LogP contribution in [0.2, 0.25) is 0 Å². The molecule has 0 bridgehead atoms. The molecule has 1 aliphatic carbocycles. The molecule has 0 saturated heterocycles. The Hall–Kier alpha value is -1.62. The lowest BCUT2D eigenvalue weighted by molar-refractivity contribution is 0.0941. The third kappa shape index (κ3) is 3.93. The van der Waals surface area contributed by atoms with Gasteiger partial charge in [-0.2, -0.15) is 0 Å². The van der Waals surface area contributed by atoms with Gasteiger partial charge in [-0.05, 0) is 36.8 Å². The van der Waals surface area contributed by atoms with Crippen molar-refractivity contribution in [3.05, 3.63) is 23.9 Å². The van der Waals surface area contributed by atoms with Gasteiger partial charge in [0.15, 0.2) is 0 Å². The van der Waals surface area contributed by atoms with Gasteiger partial charge in [0, 0.05) is 18.3 Å². The number of aromatic nitrogens is 1. The normalized spacial score (nSPS) is 22.3. The summed E-state index contributed by atoms with van der Waals surface area (Å²) < 4.78 is 0. The third-order valence-corrected chi connectivity index (χ3v) is 4.26. The summed E-state index contributed by atoms with van der Waals surface area (Å²) in [6.07, 6.45) is 7.91. The highest BCUT2D eigenvalue weighted by molar-refractivity contribution is 5.94. The molecule has 0 atom stereocenters. The zero-order valence-corrected chi connectivity index (χ0v) is 12.1. The summed E-state index contributed by atoms with van der Waals surface area (Å²) in [5.74, 6) is 7.25. The lowest BCUT2D eigenvalue weighted by Crippen LogP contribution is -2.31. The van der Waals surface area contributed by atoms with Crippen LogP contribution in [0.3, 0.4) is 0 Å². The van der Waals surface area contributed by atoms with Crippen LogP contribution >= 0.6 is 0 Å².